The lowest BCUT2D eigenvalue weighted by molar-refractivity contribution is 0.0330. The van der Waals surface area contributed by atoms with Crippen LogP contribution in [0.15, 0.2) is 32.2 Å². The lowest BCUT2D eigenvalue weighted by Crippen LogP contribution is -2.36. The molecule has 5 rings (SSSR count). The molecule has 0 radical (unpaired) electrons. The SMILES string of the molecule is Cc1sc2nc(CN3CCOCC3)nc(Sc3nnc(NCc4ccco4)s3)c2c1C. The molecule has 5 heterocycles. The van der Waals surface area contributed by atoms with Gasteiger partial charge in [0.05, 0.1) is 32.6 Å². The lowest BCUT2D eigenvalue weighted by Gasteiger charge is -2.25. The van der Waals surface area contributed by atoms with Gasteiger partial charge in [-0.1, -0.05) is 11.3 Å². The Labute approximate surface area is 192 Å². The van der Waals surface area contributed by atoms with Crippen molar-refractivity contribution in [2.24, 2.45) is 0 Å². The van der Waals surface area contributed by atoms with E-state index in [4.69, 9.17) is 19.1 Å². The minimum Gasteiger partial charge on any atom is -0.467 e. The molecule has 8 nitrogen and oxygen atoms in total. The van der Waals surface area contributed by atoms with Crippen molar-refractivity contribution in [3.8, 4) is 0 Å². The summed E-state index contributed by atoms with van der Waals surface area (Å²) < 4.78 is 11.7. The van der Waals surface area contributed by atoms with E-state index in [-0.39, 0.29) is 0 Å². The Bertz CT molecular complexity index is 1170. The second kappa shape index (κ2) is 9.21. The highest BCUT2D eigenvalue weighted by Gasteiger charge is 2.19. The first-order chi connectivity index (χ1) is 15.2. The van der Waals surface area contributed by atoms with Crippen LogP contribution in [-0.2, 0) is 17.8 Å². The van der Waals surface area contributed by atoms with Gasteiger partial charge >= 0.3 is 0 Å². The van der Waals surface area contributed by atoms with Crippen LogP contribution in [0.2, 0.25) is 0 Å². The molecule has 1 fully saturated rings. The fourth-order valence-corrected chi connectivity index (χ4v) is 6.32. The quantitative estimate of drug-likeness (QED) is 0.393. The molecule has 31 heavy (non-hydrogen) atoms. The molecule has 0 aliphatic carbocycles. The summed E-state index contributed by atoms with van der Waals surface area (Å²) in [6, 6.07) is 3.80. The zero-order chi connectivity index (χ0) is 21.2. The summed E-state index contributed by atoms with van der Waals surface area (Å²) in [6.07, 6.45) is 1.67. The zero-order valence-corrected chi connectivity index (χ0v) is 19.7. The maximum Gasteiger partial charge on any atom is 0.206 e. The highest BCUT2D eigenvalue weighted by atomic mass is 32.2. The van der Waals surface area contributed by atoms with Crippen LogP contribution in [0.4, 0.5) is 5.13 Å². The van der Waals surface area contributed by atoms with Crippen molar-refractivity contribution in [2.45, 2.75) is 36.3 Å². The average molecular weight is 475 g/mol. The lowest BCUT2D eigenvalue weighted by atomic mass is 10.2. The van der Waals surface area contributed by atoms with Crippen molar-refractivity contribution < 1.29 is 9.15 Å². The molecule has 4 aromatic heterocycles. The van der Waals surface area contributed by atoms with E-state index in [2.05, 4.69) is 34.3 Å². The number of nitrogens with zero attached hydrogens (tertiary/aromatic N) is 5. The summed E-state index contributed by atoms with van der Waals surface area (Å²) in [7, 11) is 0. The molecule has 0 amide bonds. The van der Waals surface area contributed by atoms with Gasteiger partial charge in [0.1, 0.15) is 21.4 Å². The first-order valence-corrected chi connectivity index (χ1v) is 12.4. The van der Waals surface area contributed by atoms with Gasteiger partial charge in [-0.25, -0.2) is 9.97 Å². The van der Waals surface area contributed by atoms with Crippen LogP contribution < -0.4 is 5.32 Å². The predicted molar refractivity (Wildman–Crippen MR) is 123 cm³/mol. The van der Waals surface area contributed by atoms with Crippen LogP contribution in [-0.4, -0.2) is 51.4 Å². The Kier molecular flexibility index (Phi) is 6.19. The summed E-state index contributed by atoms with van der Waals surface area (Å²) in [5.41, 5.74) is 1.24. The standard InChI is InChI=1S/C20H22N6O2S3/c1-12-13(2)29-17-16(12)18(23-15(22-17)11-26-5-8-27-9-6-26)30-20-25-24-19(31-20)21-10-14-4-3-7-28-14/h3-4,7H,5-6,8-11H2,1-2H3,(H,21,24). The van der Waals surface area contributed by atoms with Crippen molar-refractivity contribution in [2.75, 3.05) is 31.6 Å². The van der Waals surface area contributed by atoms with Gasteiger partial charge in [-0.3, -0.25) is 4.90 Å². The number of fused-ring (bicyclic) bond motifs is 1. The number of ether oxygens (including phenoxy) is 1. The Morgan fingerprint density at radius 2 is 2.03 bits per heavy atom. The molecular weight excluding hydrogens is 452 g/mol. The highest BCUT2D eigenvalue weighted by Crippen LogP contribution is 2.39. The van der Waals surface area contributed by atoms with E-state index in [0.29, 0.717) is 6.54 Å². The molecule has 0 atom stereocenters. The monoisotopic (exact) mass is 474 g/mol. The molecular formula is C20H22N6O2S3. The van der Waals surface area contributed by atoms with Crippen molar-refractivity contribution in [1.82, 2.24) is 25.1 Å². The Morgan fingerprint density at radius 1 is 1.16 bits per heavy atom. The maximum atomic E-state index is 5.47. The van der Waals surface area contributed by atoms with Crippen molar-refractivity contribution in [3.05, 3.63) is 40.4 Å². The largest absolute Gasteiger partial charge is 0.467 e. The third kappa shape index (κ3) is 4.75. The Morgan fingerprint density at radius 3 is 2.84 bits per heavy atom. The number of hydrogen-bond donors (Lipinski definition) is 1. The zero-order valence-electron chi connectivity index (χ0n) is 17.3. The molecule has 162 valence electrons. The number of rotatable bonds is 7. The van der Waals surface area contributed by atoms with Crippen molar-refractivity contribution in [3.63, 3.8) is 0 Å². The van der Waals surface area contributed by atoms with E-state index in [9.17, 15) is 0 Å². The second-order valence-electron chi connectivity index (χ2n) is 7.21. The first kappa shape index (κ1) is 20.8. The van der Waals surface area contributed by atoms with Gasteiger partial charge in [-0.05, 0) is 43.3 Å². The molecule has 1 aliphatic heterocycles. The van der Waals surface area contributed by atoms with Crippen LogP contribution in [0, 0.1) is 13.8 Å². The summed E-state index contributed by atoms with van der Waals surface area (Å²) >= 11 is 4.80. The highest BCUT2D eigenvalue weighted by molar-refractivity contribution is 8.01. The number of anilines is 1. The number of aryl methyl sites for hydroxylation is 2. The smallest absolute Gasteiger partial charge is 0.206 e. The van der Waals surface area contributed by atoms with E-state index in [1.807, 2.05) is 12.1 Å². The Hall–Kier alpha value is -2.05. The minimum absolute atomic E-state index is 0.580. The summed E-state index contributed by atoms with van der Waals surface area (Å²) in [5.74, 6) is 1.71. The normalized spacial score (nSPS) is 15.0. The number of aromatic nitrogens is 4. The molecule has 1 N–H and O–H groups in total. The number of hydrogen-bond acceptors (Lipinski definition) is 11. The molecule has 1 aliphatic rings. The van der Waals surface area contributed by atoms with Crippen LogP contribution in [0.25, 0.3) is 10.2 Å². The van der Waals surface area contributed by atoms with Gasteiger partial charge in [0.25, 0.3) is 0 Å². The minimum atomic E-state index is 0.580. The van der Waals surface area contributed by atoms with Gasteiger partial charge < -0.3 is 14.5 Å². The summed E-state index contributed by atoms with van der Waals surface area (Å²) in [5, 5.41) is 14.7. The molecule has 0 spiro atoms. The second-order valence-corrected chi connectivity index (χ2v) is 10.6. The third-order valence-electron chi connectivity index (χ3n) is 5.09. The molecule has 11 heteroatoms. The fraction of sp³-hybridized carbons (Fsp3) is 0.400. The van der Waals surface area contributed by atoms with Gasteiger partial charge in [0, 0.05) is 23.4 Å². The predicted octanol–water partition coefficient (Wildman–Crippen LogP) is 4.35. The number of furan rings is 1. The molecule has 4 aromatic rings. The molecule has 0 saturated carbocycles. The van der Waals surface area contributed by atoms with Crippen LogP contribution >= 0.6 is 34.4 Å². The van der Waals surface area contributed by atoms with Crippen molar-refractivity contribution in [1.29, 1.82) is 0 Å². The summed E-state index contributed by atoms with van der Waals surface area (Å²) in [6.45, 7) is 8.94. The number of morpholine rings is 1. The fourth-order valence-electron chi connectivity index (χ4n) is 3.34. The van der Waals surface area contributed by atoms with Gasteiger partial charge in [-0.2, -0.15) is 0 Å². The van der Waals surface area contributed by atoms with E-state index >= 15 is 0 Å². The molecule has 0 unspecified atom stereocenters. The molecule has 0 aromatic carbocycles. The Balaban J connectivity index is 1.38. The van der Waals surface area contributed by atoms with Gasteiger partial charge in [0.15, 0.2) is 4.34 Å². The van der Waals surface area contributed by atoms with E-state index in [1.54, 1.807) is 29.4 Å². The van der Waals surface area contributed by atoms with E-state index in [1.165, 1.54) is 21.8 Å². The number of nitrogens with one attached hydrogen (secondary N) is 1. The maximum absolute atomic E-state index is 5.47. The van der Waals surface area contributed by atoms with E-state index < -0.39 is 0 Å². The van der Waals surface area contributed by atoms with Crippen LogP contribution in [0.1, 0.15) is 22.0 Å². The van der Waals surface area contributed by atoms with E-state index in [0.717, 1.165) is 69.1 Å². The van der Waals surface area contributed by atoms with Gasteiger partial charge in [-0.15, -0.1) is 21.5 Å². The topological polar surface area (TPSA) is 89.2 Å². The average Bonchev–Trinajstić information content (AvgIpc) is 3.49. The molecule has 1 saturated heterocycles. The number of thiophene rings is 1. The summed E-state index contributed by atoms with van der Waals surface area (Å²) in [4.78, 5) is 14.5. The van der Waals surface area contributed by atoms with Crippen LogP contribution in [0.3, 0.4) is 0 Å². The third-order valence-corrected chi connectivity index (χ3v) is 8.12. The van der Waals surface area contributed by atoms with Crippen LogP contribution in [0.5, 0.6) is 0 Å². The van der Waals surface area contributed by atoms with Gasteiger partial charge in [0.2, 0.25) is 5.13 Å². The van der Waals surface area contributed by atoms with Crippen molar-refractivity contribution >= 4 is 49.8 Å². The molecule has 0 bridgehead atoms. The first-order valence-electron chi connectivity index (χ1n) is 10.00.